The first-order chi connectivity index (χ1) is 11.7. The zero-order valence-electron chi connectivity index (χ0n) is 13.8. The van der Waals surface area contributed by atoms with E-state index in [-0.39, 0.29) is 24.7 Å². The Morgan fingerprint density at radius 2 is 1.46 bits per heavy atom. The summed E-state index contributed by atoms with van der Waals surface area (Å²) in [6.45, 7) is 2.73. The van der Waals surface area contributed by atoms with E-state index in [1.54, 1.807) is 0 Å². The van der Waals surface area contributed by atoms with Crippen LogP contribution in [0.15, 0.2) is 60.7 Å². The maximum atomic E-state index is 13.8. The molecule has 128 valence electrons. The molecule has 1 aliphatic heterocycles. The summed E-state index contributed by atoms with van der Waals surface area (Å²) in [7, 11) is 0. The van der Waals surface area contributed by atoms with Crippen molar-refractivity contribution in [1.29, 1.82) is 0 Å². The van der Waals surface area contributed by atoms with E-state index >= 15 is 0 Å². The predicted octanol–water partition coefficient (Wildman–Crippen LogP) is 4.26. The van der Waals surface area contributed by atoms with E-state index in [1.165, 1.54) is 0 Å². The third kappa shape index (κ3) is 4.63. The molecule has 4 heteroatoms. The average molecular weight is 330 g/mol. The van der Waals surface area contributed by atoms with Crippen molar-refractivity contribution in [1.82, 2.24) is 0 Å². The molecule has 0 radical (unpaired) electrons. The number of benzene rings is 2. The van der Waals surface area contributed by atoms with E-state index < -0.39 is 6.36 Å². The SMILES string of the molecule is C[C@H]1O[C@H](F)C[C@H](OCc2ccccc2)[C@@H]1OCc1ccccc1. The minimum Gasteiger partial charge on any atom is -0.371 e. The Hall–Kier alpha value is -1.75. The minimum atomic E-state index is -1.31. The van der Waals surface area contributed by atoms with Crippen molar-refractivity contribution in [2.45, 2.75) is 51.2 Å². The topological polar surface area (TPSA) is 27.7 Å². The Labute approximate surface area is 142 Å². The van der Waals surface area contributed by atoms with Gasteiger partial charge in [-0.1, -0.05) is 60.7 Å². The van der Waals surface area contributed by atoms with Crippen molar-refractivity contribution >= 4 is 0 Å². The first-order valence-electron chi connectivity index (χ1n) is 8.33. The van der Waals surface area contributed by atoms with E-state index in [4.69, 9.17) is 14.2 Å². The first-order valence-corrected chi connectivity index (χ1v) is 8.33. The van der Waals surface area contributed by atoms with Gasteiger partial charge >= 0.3 is 0 Å². The highest BCUT2D eigenvalue weighted by Gasteiger charge is 2.38. The van der Waals surface area contributed by atoms with Gasteiger partial charge in [0.25, 0.3) is 0 Å². The van der Waals surface area contributed by atoms with E-state index in [0.29, 0.717) is 13.2 Å². The molecule has 4 atom stereocenters. The highest BCUT2D eigenvalue weighted by atomic mass is 19.1. The number of halogens is 1. The molecule has 0 saturated carbocycles. The van der Waals surface area contributed by atoms with Crippen LogP contribution < -0.4 is 0 Å². The van der Waals surface area contributed by atoms with Crippen LogP contribution in [0, 0.1) is 0 Å². The lowest BCUT2D eigenvalue weighted by Gasteiger charge is -2.37. The van der Waals surface area contributed by atoms with Crippen molar-refractivity contribution in [3.63, 3.8) is 0 Å². The number of alkyl halides is 1. The van der Waals surface area contributed by atoms with Crippen molar-refractivity contribution in [3.8, 4) is 0 Å². The van der Waals surface area contributed by atoms with Crippen LogP contribution in [0.4, 0.5) is 4.39 Å². The zero-order valence-corrected chi connectivity index (χ0v) is 13.8. The summed E-state index contributed by atoms with van der Waals surface area (Å²) in [5.41, 5.74) is 2.14. The Bertz CT molecular complexity index is 605. The molecular formula is C20H23FO3. The standard InChI is InChI=1S/C20H23FO3/c1-15-20(23-14-17-10-6-3-7-11-17)18(12-19(21)24-15)22-13-16-8-4-2-5-9-16/h2-11,15,18-20H,12-14H2,1H3/t15-,18+,19+,20-/m1/s1. The smallest absolute Gasteiger partial charge is 0.201 e. The molecule has 0 aromatic heterocycles. The maximum absolute atomic E-state index is 13.8. The van der Waals surface area contributed by atoms with Gasteiger partial charge in [-0.25, -0.2) is 4.39 Å². The lowest BCUT2D eigenvalue weighted by molar-refractivity contribution is -0.229. The quantitative estimate of drug-likeness (QED) is 0.792. The molecule has 1 saturated heterocycles. The molecule has 0 amide bonds. The summed E-state index contributed by atoms with van der Waals surface area (Å²) in [5, 5.41) is 0. The van der Waals surface area contributed by atoms with Crippen LogP contribution >= 0.6 is 0 Å². The maximum Gasteiger partial charge on any atom is 0.201 e. The Kier molecular flexibility index (Phi) is 5.96. The van der Waals surface area contributed by atoms with Crippen molar-refractivity contribution < 1.29 is 18.6 Å². The van der Waals surface area contributed by atoms with Gasteiger partial charge in [0.15, 0.2) is 0 Å². The third-order valence-electron chi connectivity index (χ3n) is 4.20. The molecule has 0 aliphatic carbocycles. The third-order valence-corrected chi connectivity index (χ3v) is 4.20. The van der Waals surface area contributed by atoms with Crippen molar-refractivity contribution in [2.24, 2.45) is 0 Å². The second kappa shape index (κ2) is 8.38. The summed E-state index contributed by atoms with van der Waals surface area (Å²) < 4.78 is 31.1. The van der Waals surface area contributed by atoms with Crippen LogP contribution in [-0.2, 0) is 27.4 Å². The molecule has 3 nitrogen and oxygen atoms in total. The second-order valence-electron chi connectivity index (χ2n) is 6.08. The van der Waals surface area contributed by atoms with Gasteiger partial charge in [0.05, 0.1) is 25.4 Å². The number of hydrogen-bond acceptors (Lipinski definition) is 3. The molecule has 24 heavy (non-hydrogen) atoms. The van der Waals surface area contributed by atoms with Gasteiger partial charge in [-0.3, -0.25) is 0 Å². The largest absolute Gasteiger partial charge is 0.371 e. The van der Waals surface area contributed by atoms with Gasteiger partial charge < -0.3 is 14.2 Å². The minimum absolute atomic E-state index is 0.191. The molecule has 0 N–H and O–H groups in total. The van der Waals surface area contributed by atoms with Gasteiger partial charge in [-0.05, 0) is 18.1 Å². The van der Waals surface area contributed by atoms with Gasteiger partial charge in [-0.15, -0.1) is 0 Å². The molecule has 1 aliphatic rings. The Morgan fingerprint density at radius 1 is 0.917 bits per heavy atom. The van der Waals surface area contributed by atoms with E-state index in [1.807, 2.05) is 67.6 Å². The van der Waals surface area contributed by atoms with Crippen LogP contribution in [-0.4, -0.2) is 24.7 Å². The Balaban J connectivity index is 1.61. The summed E-state index contributed by atoms with van der Waals surface area (Å²) in [5.74, 6) is 0. The van der Waals surface area contributed by atoms with E-state index in [9.17, 15) is 4.39 Å². The summed E-state index contributed by atoms with van der Waals surface area (Å²) >= 11 is 0. The summed E-state index contributed by atoms with van der Waals surface area (Å²) in [4.78, 5) is 0. The molecule has 1 heterocycles. The monoisotopic (exact) mass is 330 g/mol. The molecule has 0 spiro atoms. The fraction of sp³-hybridized carbons (Fsp3) is 0.400. The van der Waals surface area contributed by atoms with Gasteiger partial charge in [0.2, 0.25) is 6.36 Å². The zero-order chi connectivity index (χ0) is 16.8. The fourth-order valence-electron chi connectivity index (χ4n) is 2.93. The molecule has 0 unspecified atom stereocenters. The number of rotatable bonds is 6. The van der Waals surface area contributed by atoms with Crippen LogP contribution in [0.2, 0.25) is 0 Å². The van der Waals surface area contributed by atoms with E-state index in [2.05, 4.69) is 0 Å². The van der Waals surface area contributed by atoms with Crippen LogP contribution in [0.1, 0.15) is 24.5 Å². The first kappa shape index (κ1) is 17.1. The van der Waals surface area contributed by atoms with E-state index in [0.717, 1.165) is 11.1 Å². The van der Waals surface area contributed by atoms with Gasteiger partial charge in [0, 0.05) is 6.42 Å². The summed E-state index contributed by atoms with van der Waals surface area (Å²) in [6.07, 6.45) is -2.08. The highest BCUT2D eigenvalue weighted by molar-refractivity contribution is 5.14. The predicted molar refractivity (Wildman–Crippen MR) is 90.1 cm³/mol. The Morgan fingerprint density at radius 3 is 2.04 bits per heavy atom. The average Bonchev–Trinajstić information content (AvgIpc) is 2.61. The summed E-state index contributed by atoms with van der Waals surface area (Å²) in [6, 6.07) is 19.8. The molecular weight excluding hydrogens is 307 g/mol. The highest BCUT2D eigenvalue weighted by Crippen LogP contribution is 2.27. The second-order valence-corrected chi connectivity index (χ2v) is 6.08. The van der Waals surface area contributed by atoms with Crippen LogP contribution in [0.3, 0.4) is 0 Å². The van der Waals surface area contributed by atoms with Crippen molar-refractivity contribution in [2.75, 3.05) is 0 Å². The molecule has 2 aromatic carbocycles. The van der Waals surface area contributed by atoms with Crippen molar-refractivity contribution in [3.05, 3.63) is 71.8 Å². The lowest BCUT2D eigenvalue weighted by atomic mass is 10.0. The molecule has 0 bridgehead atoms. The molecule has 2 aromatic rings. The fourth-order valence-corrected chi connectivity index (χ4v) is 2.93. The van der Waals surface area contributed by atoms with Crippen LogP contribution in [0.5, 0.6) is 0 Å². The van der Waals surface area contributed by atoms with Gasteiger partial charge in [-0.2, -0.15) is 0 Å². The number of hydrogen-bond donors (Lipinski definition) is 0. The number of ether oxygens (including phenoxy) is 3. The van der Waals surface area contributed by atoms with Crippen LogP contribution in [0.25, 0.3) is 0 Å². The normalized spacial score (nSPS) is 27.1. The molecule has 3 rings (SSSR count). The molecule has 1 fully saturated rings. The van der Waals surface area contributed by atoms with Gasteiger partial charge in [0.1, 0.15) is 6.10 Å². The lowest BCUT2D eigenvalue weighted by Crippen LogP contribution is -2.48.